The van der Waals surface area contributed by atoms with Crippen LogP contribution in [0, 0.1) is 5.92 Å². The van der Waals surface area contributed by atoms with Crippen LogP contribution < -0.4 is 10.9 Å². The molecule has 1 atom stereocenters. The van der Waals surface area contributed by atoms with Crippen molar-refractivity contribution in [2.75, 3.05) is 19.6 Å². The highest BCUT2D eigenvalue weighted by Gasteiger charge is 2.32. The number of nitrogens with zero attached hydrogens (tertiary/aromatic N) is 2. The average Bonchev–Trinajstić information content (AvgIpc) is 3.04. The number of aromatic nitrogens is 2. The lowest BCUT2D eigenvalue weighted by atomic mass is 10.1. The first kappa shape index (κ1) is 15.2. The van der Waals surface area contributed by atoms with Gasteiger partial charge in [0.1, 0.15) is 0 Å². The zero-order valence-corrected chi connectivity index (χ0v) is 12.8. The Balaban J connectivity index is 1.83. The van der Waals surface area contributed by atoms with Crippen molar-refractivity contribution >= 4 is 22.8 Å². The molecule has 120 valence electrons. The Morgan fingerprint density at radius 3 is 2.96 bits per heavy atom. The van der Waals surface area contributed by atoms with E-state index in [9.17, 15) is 14.4 Å². The summed E-state index contributed by atoms with van der Waals surface area (Å²) in [5.74, 6) is -0.703. The van der Waals surface area contributed by atoms with Gasteiger partial charge in [-0.3, -0.25) is 14.4 Å². The number of fused-ring (bicyclic) bond motifs is 1. The molecule has 1 aliphatic rings. The summed E-state index contributed by atoms with van der Waals surface area (Å²) in [5, 5.41) is 2.76. The summed E-state index contributed by atoms with van der Waals surface area (Å²) in [6.45, 7) is 3.19. The van der Waals surface area contributed by atoms with Crippen LogP contribution in [0.3, 0.4) is 0 Å². The number of carbonyl (C=O) groups is 2. The monoisotopic (exact) mass is 314 g/mol. The highest BCUT2D eigenvalue weighted by molar-refractivity contribution is 5.94. The first-order chi connectivity index (χ1) is 11.1. The van der Waals surface area contributed by atoms with Crippen molar-refractivity contribution in [3.8, 4) is 0 Å². The number of nitrogens with one attached hydrogen (secondary N) is 2. The molecule has 7 heteroatoms. The van der Waals surface area contributed by atoms with Gasteiger partial charge in [0.25, 0.3) is 11.5 Å². The van der Waals surface area contributed by atoms with Gasteiger partial charge in [-0.15, -0.1) is 0 Å². The Morgan fingerprint density at radius 1 is 1.39 bits per heavy atom. The Hall–Kier alpha value is -2.70. The SMILES string of the molecule is CCNC(=O)[C@H]1CCN(C(=O)c2nc3ccccc3[nH]c2=O)C1. The molecule has 0 unspecified atom stereocenters. The van der Waals surface area contributed by atoms with E-state index in [1.165, 1.54) is 4.90 Å². The number of hydrogen-bond donors (Lipinski definition) is 2. The number of para-hydroxylation sites is 2. The van der Waals surface area contributed by atoms with E-state index in [1.807, 2.05) is 6.92 Å². The molecule has 2 N–H and O–H groups in total. The molecule has 2 aromatic rings. The minimum Gasteiger partial charge on any atom is -0.356 e. The van der Waals surface area contributed by atoms with Crippen LogP contribution in [0.5, 0.6) is 0 Å². The van der Waals surface area contributed by atoms with Crippen molar-refractivity contribution in [1.29, 1.82) is 0 Å². The summed E-state index contributed by atoms with van der Waals surface area (Å²) >= 11 is 0. The normalized spacial score (nSPS) is 17.4. The van der Waals surface area contributed by atoms with E-state index in [-0.39, 0.29) is 17.5 Å². The summed E-state index contributed by atoms with van der Waals surface area (Å²) in [5.41, 5.74) is 0.529. The van der Waals surface area contributed by atoms with E-state index >= 15 is 0 Å². The van der Waals surface area contributed by atoms with Gasteiger partial charge in [-0.05, 0) is 25.5 Å². The van der Waals surface area contributed by atoms with Crippen LogP contribution in [0.4, 0.5) is 0 Å². The summed E-state index contributed by atoms with van der Waals surface area (Å²) < 4.78 is 0. The predicted molar refractivity (Wildman–Crippen MR) is 85.1 cm³/mol. The minimum atomic E-state index is -0.504. The molecule has 0 radical (unpaired) electrons. The van der Waals surface area contributed by atoms with Crippen molar-refractivity contribution in [3.63, 3.8) is 0 Å². The van der Waals surface area contributed by atoms with E-state index in [4.69, 9.17) is 0 Å². The third-order valence-corrected chi connectivity index (χ3v) is 4.00. The second kappa shape index (κ2) is 6.20. The number of rotatable bonds is 3. The molecule has 1 aromatic carbocycles. The van der Waals surface area contributed by atoms with Gasteiger partial charge >= 0.3 is 0 Å². The van der Waals surface area contributed by atoms with Gasteiger partial charge in [-0.25, -0.2) is 4.98 Å². The maximum atomic E-state index is 12.5. The Labute approximate surface area is 132 Å². The third kappa shape index (κ3) is 2.94. The number of likely N-dealkylation sites (tertiary alicyclic amines) is 1. The van der Waals surface area contributed by atoms with Crippen molar-refractivity contribution in [2.24, 2.45) is 5.92 Å². The zero-order chi connectivity index (χ0) is 16.4. The molecule has 1 aliphatic heterocycles. The Kier molecular flexibility index (Phi) is 4.10. The van der Waals surface area contributed by atoms with E-state index in [1.54, 1.807) is 24.3 Å². The molecular weight excluding hydrogens is 296 g/mol. The number of aromatic amines is 1. The molecule has 0 spiro atoms. The molecule has 3 rings (SSSR count). The molecule has 2 amide bonds. The van der Waals surface area contributed by atoms with E-state index in [0.717, 1.165) is 0 Å². The van der Waals surface area contributed by atoms with Crippen molar-refractivity contribution < 1.29 is 9.59 Å². The molecule has 1 fully saturated rings. The van der Waals surface area contributed by atoms with Crippen LogP contribution in [0.25, 0.3) is 11.0 Å². The lowest BCUT2D eigenvalue weighted by Crippen LogP contribution is -2.37. The molecule has 0 saturated carbocycles. The van der Waals surface area contributed by atoms with Crippen molar-refractivity contribution in [2.45, 2.75) is 13.3 Å². The quantitative estimate of drug-likeness (QED) is 0.863. The topological polar surface area (TPSA) is 95.2 Å². The molecular formula is C16H18N4O3. The van der Waals surface area contributed by atoms with Gasteiger partial charge < -0.3 is 15.2 Å². The fourth-order valence-electron chi connectivity index (χ4n) is 2.80. The molecule has 7 nitrogen and oxygen atoms in total. The molecule has 1 saturated heterocycles. The molecule has 0 aliphatic carbocycles. The van der Waals surface area contributed by atoms with Gasteiger partial charge in [0.05, 0.1) is 17.0 Å². The van der Waals surface area contributed by atoms with Crippen LogP contribution >= 0.6 is 0 Å². The number of hydrogen-bond acceptors (Lipinski definition) is 4. The average molecular weight is 314 g/mol. The van der Waals surface area contributed by atoms with Crippen LogP contribution in [0.1, 0.15) is 23.8 Å². The van der Waals surface area contributed by atoms with Crippen LogP contribution in [0.15, 0.2) is 29.1 Å². The van der Waals surface area contributed by atoms with Gasteiger partial charge in [-0.2, -0.15) is 0 Å². The van der Waals surface area contributed by atoms with E-state index in [0.29, 0.717) is 37.1 Å². The first-order valence-electron chi connectivity index (χ1n) is 7.66. The van der Waals surface area contributed by atoms with Gasteiger partial charge in [-0.1, -0.05) is 12.1 Å². The first-order valence-corrected chi connectivity index (χ1v) is 7.66. The summed E-state index contributed by atoms with van der Waals surface area (Å²) in [7, 11) is 0. The largest absolute Gasteiger partial charge is 0.356 e. The number of amides is 2. The summed E-state index contributed by atoms with van der Waals surface area (Å²) in [6.07, 6.45) is 0.600. The number of benzene rings is 1. The third-order valence-electron chi connectivity index (χ3n) is 4.00. The Bertz CT molecular complexity index is 814. The fourth-order valence-corrected chi connectivity index (χ4v) is 2.80. The Morgan fingerprint density at radius 2 is 2.17 bits per heavy atom. The lowest BCUT2D eigenvalue weighted by Gasteiger charge is -2.15. The highest BCUT2D eigenvalue weighted by atomic mass is 16.2. The second-order valence-corrected chi connectivity index (χ2v) is 5.56. The van der Waals surface area contributed by atoms with Crippen molar-refractivity contribution in [1.82, 2.24) is 20.2 Å². The maximum Gasteiger partial charge on any atom is 0.280 e. The molecule has 0 bridgehead atoms. The van der Waals surface area contributed by atoms with Gasteiger partial charge in [0, 0.05) is 19.6 Å². The van der Waals surface area contributed by atoms with Crippen LogP contribution in [-0.2, 0) is 4.79 Å². The smallest absolute Gasteiger partial charge is 0.280 e. The predicted octanol–water partition coefficient (Wildman–Crippen LogP) is 0.521. The summed E-state index contributed by atoms with van der Waals surface area (Å²) in [4.78, 5) is 44.9. The minimum absolute atomic E-state index is 0.0526. The number of H-pyrrole nitrogens is 1. The maximum absolute atomic E-state index is 12.5. The zero-order valence-electron chi connectivity index (χ0n) is 12.8. The second-order valence-electron chi connectivity index (χ2n) is 5.56. The molecule has 1 aromatic heterocycles. The number of carbonyl (C=O) groups excluding carboxylic acids is 2. The van der Waals surface area contributed by atoms with Gasteiger partial charge in [0.15, 0.2) is 5.69 Å². The summed E-state index contributed by atoms with van der Waals surface area (Å²) in [6, 6.07) is 7.06. The highest BCUT2D eigenvalue weighted by Crippen LogP contribution is 2.18. The van der Waals surface area contributed by atoms with Gasteiger partial charge in [0.2, 0.25) is 5.91 Å². The van der Waals surface area contributed by atoms with Crippen molar-refractivity contribution in [3.05, 3.63) is 40.3 Å². The standard InChI is InChI=1S/C16H18N4O3/c1-2-17-14(21)10-7-8-20(9-10)16(23)13-15(22)19-12-6-4-3-5-11(12)18-13/h3-6,10H,2,7-9H2,1H3,(H,17,21)(H,19,22)/t10-/m0/s1. The van der Waals surface area contributed by atoms with Crippen LogP contribution in [-0.4, -0.2) is 46.3 Å². The van der Waals surface area contributed by atoms with E-state index in [2.05, 4.69) is 15.3 Å². The fraction of sp³-hybridized carbons (Fsp3) is 0.375. The van der Waals surface area contributed by atoms with Crippen LogP contribution in [0.2, 0.25) is 0 Å². The lowest BCUT2D eigenvalue weighted by molar-refractivity contribution is -0.124. The molecule has 23 heavy (non-hydrogen) atoms. The molecule has 2 heterocycles. The van der Waals surface area contributed by atoms with E-state index < -0.39 is 11.5 Å².